The fraction of sp³-hybridized carbons (Fsp3) is 1.00. The first-order chi connectivity index (χ1) is 5.43. The Morgan fingerprint density at radius 2 is 2.36 bits per heavy atom. The van der Waals surface area contributed by atoms with Crippen LogP contribution < -0.4 is 10.6 Å². The van der Waals surface area contributed by atoms with Gasteiger partial charge in [0.1, 0.15) is 0 Å². The minimum Gasteiger partial charge on any atom is -0.377 e. The van der Waals surface area contributed by atoms with Crippen LogP contribution in [0.1, 0.15) is 12.8 Å². The summed E-state index contributed by atoms with van der Waals surface area (Å²) in [6.07, 6.45) is 2.94. The lowest BCUT2D eigenvalue weighted by Crippen LogP contribution is -2.31. The van der Waals surface area contributed by atoms with Crippen LogP contribution in [0.3, 0.4) is 0 Å². The molecule has 1 aliphatic heterocycles. The van der Waals surface area contributed by atoms with Gasteiger partial charge in [-0.15, -0.1) is 0 Å². The summed E-state index contributed by atoms with van der Waals surface area (Å²) in [5, 5.41) is 6.43. The van der Waals surface area contributed by atoms with Crippen molar-refractivity contribution in [3.63, 3.8) is 0 Å². The van der Waals surface area contributed by atoms with Crippen molar-refractivity contribution in [1.82, 2.24) is 10.6 Å². The predicted molar refractivity (Wildman–Crippen MR) is 45.8 cm³/mol. The summed E-state index contributed by atoms with van der Waals surface area (Å²) >= 11 is 0. The third kappa shape index (κ3) is 3.70. The third-order valence-corrected chi connectivity index (χ3v) is 1.95. The summed E-state index contributed by atoms with van der Waals surface area (Å²) in [4.78, 5) is 0. The number of ether oxygens (including phenoxy) is 1. The van der Waals surface area contributed by atoms with Crippen LogP contribution in [-0.2, 0) is 4.74 Å². The molecule has 0 radical (unpaired) electrons. The highest BCUT2D eigenvalue weighted by molar-refractivity contribution is 4.67. The van der Waals surface area contributed by atoms with Crippen molar-refractivity contribution in [3.8, 4) is 0 Å². The molecule has 1 fully saturated rings. The summed E-state index contributed by atoms with van der Waals surface area (Å²) in [6.45, 7) is 4.04. The molecular weight excluding hydrogens is 140 g/mol. The Balaban J connectivity index is 1.86. The Morgan fingerprint density at radius 1 is 1.45 bits per heavy atom. The molecule has 1 rings (SSSR count). The first-order valence-corrected chi connectivity index (χ1v) is 4.40. The van der Waals surface area contributed by atoms with Crippen LogP contribution >= 0.6 is 0 Å². The van der Waals surface area contributed by atoms with Gasteiger partial charge in [-0.05, 0) is 19.9 Å². The quantitative estimate of drug-likeness (QED) is 0.551. The van der Waals surface area contributed by atoms with Gasteiger partial charge in [0.05, 0.1) is 6.10 Å². The van der Waals surface area contributed by atoms with Gasteiger partial charge in [0, 0.05) is 26.2 Å². The van der Waals surface area contributed by atoms with E-state index in [2.05, 4.69) is 10.6 Å². The average molecular weight is 158 g/mol. The van der Waals surface area contributed by atoms with E-state index < -0.39 is 0 Å². The molecule has 1 aliphatic rings. The van der Waals surface area contributed by atoms with E-state index in [0.29, 0.717) is 6.10 Å². The van der Waals surface area contributed by atoms with Gasteiger partial charge in [-0.25, -0.2) is 0 Å². The highest BCUT2D eigenvalue weighted by atomic mass is 16.5. The minimum absolute atomic E-state index is 0.479. The van der Waals surface area contributed by atoms with Crippen molar-refractivity contribution in [2.75, 3.05) is 33.3 Å². The molecule has 0 aromatic heterocycles. The standard InChI is InChI=1S/C8H18N2O/c1-9-4-5-10-7-8-3-2-6-11-8/h8-10H,2-7H2,1H3. The normalized spacial score (nSPS) is 24.3. The molecule has 0 aliphatic carbocycles. The monoisotopic (exact) mass is 158 g/mol. The molecule has 0 aromatic carbocycles. The van der Waals surface area contributed by atoms with Crippen LogP contribution in [-0.4, -0.2) is 39.4 Å². The first-order valence-electron chi connectivity index (χ1n) is 4.40. The number of nitrogens with one attached hydrogen (secondary N) is 2. The van der Waals surface area contributed by atoms with Gasteiger partial charge in [-0.2, -0.15) is 0 Å². The Labute approximate surface area is 68.5 Å². The van der Waals surface area contributed by atoms with Crippen LogP contribution in [0.25, 0.3) is 0 Å². The van der Waals surface area contributed by atoms with E-state index in [1.54, 1.807) is 0 Å². The third-order valence-electron chi connectivity index (χ3n) is 1.95. The van der Waals surface area contributed by atoms with E-state index in [0.717, 1.165) is 26.2 Å². The molecule has 3 heteroatoms. The molecule has 0 bridgehead atoms. The summed E-state index contributed by atoms with van der Waals surface area (Å²) in [7, 11) is 1.97. The van der Waals surface area contributed by atoms with E-state index in [-0.39, 0.29) is 0 Å². The SMILES string of the molecule is CNCCNCC1CCCO1. The van der Waals surface area contributed by atoms with Crippen LogP contribution in [0.2, 0.25) is 0 Å². The topological polar surface area (TPSA) is 33.3 Å². The average Bonchev–Trinajstić information content (AvgIpc) is 2.50. The van der Waals surface area contributed by atoms with Crippen LogP contribution in [0.15, 0.2) is 0 Å². The lowest BCUT2D eigenvalue weighted by molar-refractivity contribution is 0.110. The van der Waals surface area contributed by atoms with Gasteiger partial charge in [0.2, 0.25) is 0 Å². The van der Waals surface area contributed by atoms with Gasteiger partial charge in [0.15, 0.2) is 0 Å². The van der Waals surface area contributed by atoms with E-state index in [9.17, 15) is 0 Å². The number of hydrogen-bond donors (Lipinski definition) is 2. The summed E-state index contributed by atoms with van der Waals surface area (Å²) in [5.41, 5.74) is 0. The predicted octanol–water partition coefficient (Wildman–Crippen LogP) is -0.0256. The molecule has 0 aromatic rings. The molecule has 66 valence electrons. The Morgan fingerprint density at radius 3 is 3.00 bits per heavy atom. The molecule has 1 saturated heterocycles. The second-order valence-corrected chi connectivity index (χ2v) is 2.94. The maximum Gasteiger partial charge on any atom is 0.0700 e. The Bertz CT molecular complexity index is 92.1. The molecule has 0 spiro atoms. The van der Waals surface area contributed by atoms with Crippen molar-refractivity contribution >= 4 is 0 Å². The lowest BCUT2D eigenvalue weighted by atomic mass is 10.2. The fourth-order valence-electron chi connectivity index (χ4n) is 1.28. The van der Waals surface area contributed by atoms with Crippen molar-refractivity contribution in [3.05, 3.63) is 0 Å². The number of rotatable bonds is 5. The largest absolute Gasteiger partial charge is 0.377 e. The van der Waals surface area contributed by atoms with E-state index >= 15 is 0 Å². The molecule has 11 heavy (non-hydrogen) atoms. The van der Waals surface area contributed by atoms with Crippen molar-refractivity contribution in [2.24, 2.45) is 0 Å². The zero-order chi connectivity index (χ0) is 7.94. The maximum absolute atomic E-state index is 5.45. The second-order valence-electron chi connectivity index (χ2n) is 2.94. The zero-order valence-corrected chi connectivity index (χ0v) is 7.23. The Kier molecular flexibility index (Phi) is 4.50. The van der Waals surface area contributed by atoms with Gasteiger partial charge in [-0.3, -0.25) is 0 Å². The van der Waals surface area contributed by atoms with E-state index in [1.807, 2.05) is 7.05 Å². The van der Waals surface area contributed by atoms with Gasteiger partial charge in [0.25, 0.3) is 0 Å². The Hall–Kier alpha value is -0.120. The molecule has 1 heterocycles. The first kappa shape index (κ1) is 8.97. The fourth-order valence-corrected chi connectivity index (χ4v) is 1.28. The molecule has 1 atom stereocenters. The summed E-state index contributed by atoms with van der Waals surface area (Å²) in [5.74, 6) is 0. The molecule has 1 unspecified atom stereocenters. The van der Waals surface area contributed by atoms with Crippen LogP contribution in [0.5, 0.6) is 0 Å². The maximum atomic E-state index is 5.45. The van der Waals surface area contributed by atoms with Crippen LogP contribution in [0.4, 0.5) is 0 Å². The summed E-state index contributed by atoms with van der Waals surface area (Å²) < 4.78 is 5.45. The highest BCUT2D eigenvalue weighted by Gasteiger charge is 2.13. The van der Waals surface area contributed by atoms with E-state index in [1.165, 1.54) is 12.8 Å². The van der Waals surface area contributed by atoms with Gasteiger partial charge >= 0.3 is 0 Å². The van der Waals surface area contributed by atoms with Crippen molar-refractivity contribution in [1.29, 1.82) is 0 Å². The lowest BCUT2D eigenvalue weighted by Gasteiger charge is -2.09. The summed E-state index contributed by atoms with van der Waals surface area (Å²) in [6, 6.07) is 0. The van der Waals surface area contributed by atoms with Gasteiger partial charge < -0.3 is 15.4 Å². The minimum atomic E-state index is 0.479. The van der Waals surface area contributed by atoms with Crippen LogP contribution in [0, 0.1) is 0 Å². The van der Waals surface area contributed by atoms with Crippen molar-refractivity contribution in [2.45, 2.75) is 18.9 Å². The molecule has 3 nitrogen and oxygen atoms in total. The second kappa shape index (κ2) is 5.52. The smallest absolute Gasteiger partial charge is 0.0700 e. The molecule has 2 N–H and O–H groups in total. The highest BCUT2D eigenvalue weighted by Crippen LogP contribution is 2.10. The van der Waals surface area contributed by atoms with E-state index in [4.69, 9.17) is 4.74 Å². The number of likely N-dealkylation sites (N-methyl/N-ethyl adjacent to an activating group) is 1. The molecule has 0 amide bonds. The molecular formula is C8H18N2O. The number of hydrogen-bond acceptors (Lipinski definition) is 3. The zero-order valence-electron chi connectivity index (χ0n) is 7.23. The van der Waals surface area contributed by atoms with Crippen molar-refractivity contribution < 1.29 is 4.74 Å². The molecule has 0 saturated carbocycles. The van der Waals surface area contributed by atoms with Gasteiger partial charge in [-0.1, -0.05) is 0 Å².